The van der Waals surface area contributed by atoms with Gasteiger partial charge in [-0.2, -0.15) is 0 Å². The first kappa shape index (κ1) is 22.1. The summed E-state index contributed by atoms with van der Waals surface area (Å²) in [6.07, 6.45) is 2.27. The first-order chi connectivity index (χ1) is 16.5. The third kappa shape index (κ3) is 4.66. The number of pyridine rings is 1. The van der Waals surface area contributed by atoms with Crippen LogP contribution in [0.4, 0.5) is 5.69 Å². The molecule has 5 rings (SSSR count). The van der Waals surface area contributed by atoms with Crippen LogP contribution in [0, 0.1) is 0 Å². The molecule has 1 unspecified atom stereocenters. The Morgan fingerprint density at radius 2 is 1.56 bits per heavy atom. The van der Waals surface area contributed by atoms with Gasteiger partial charge in [0.25, 0.3) is 5.56 Å². The predicted octanol–water partition coefficient (Wildman–Crippen LogP) is 3.75. The van der Waals surface area contributed by atoms with Crippen LogP contribution in [0.5, 0.6) is 0 Å². The van der Waals surface area contributed by atoms with Gasteiger partial charge in [0.1, 0.15) is 0 Å². The summed E-state index contributed by atoms with van der Waals surface area (Å²) < 4.78 is 30.6. The first-order valence-electron chi connectivity index (χ1n) is 11.2. The molecule has 6 nitrogen and oxygen atoms in total. The summed E-state index contributed by atoms with van der Waals surface area (Å²) in [5.74, 6) is 0. The van der Waals surface area contributed by atoms with Crippen molar-refractivity contribution < 1.29 is 8.42 Å². The summed E-state index contributed by atoms with van der Waals surface area (Å²) in [7, 11) is -3.66. The average molecular weight is 472 g/mol. The Hall–Kier alpha value is -3.68. The third-order valence-corrected chi connectivity index (χ3v) is 7.54. The molecule has 1 aliphatic rings. The van der Waals surface area contributed by atoms with E-state index in [4.69, 9.17) is 0 Å². The van der Waals surface area contributed by atoms with Crippen LogP contribution in [0.1, 0.15) is 11.1 Å². The van der Waals surface area contributed by atoms with Crippen molar-refractivity contribution in [3.63, 3.8) is 0 Å². The summed E-state index contributed by atoms with van der Waals surface area (Å²) in [6, 6.07) is 29.2. The van der Waals surface area contributed by atoms with Gasteiger partial charge >= 0.3 is 0 Å². The average Bonchev–Trinajstić information content (AvgIpc) is 2.85. The maximum absolute atomic E-state index is 13.0. The molecule has 1 aromatic heterocycles. The molecule has 0 saturated carbocycles. The van der Waals surface area contributed by atoms with Gasteiger partial charge in [-0.05, 0) is 53.9 Å². The van der Waals surface area contributed by atoms with Crippen molar-refractivity contribution in [2.75, 3.05) is 11.4 Å². The third-order valence-electron chi connectivity index (χ3n) is 6.00. The zero-order chi connectivity index (χ0) is 23.5. The number of hydrogen-bond donors (Lipinski definition) is 1. The molecule has 4 aromatic rings. The van der Waals surface area contributed by atoms with E-state index in [0.717, 1.165) is 22.5 Å². The fraction of sp³-hybridized carbons (Fsp3) is 0.148. The van der Waals surface area contributed by atoms with Crippen LogP contribution in [-0.2, 0) is 23.0 Å². The highest BCUT2D eigenvalue weighted by molar-refractivity contribution is 7.89. The zero-order valence-corrected chi connectivity index (χ0v) is 19.4. The maximum Gasteiger partial charge on any atom is 0.255 e. The van der Waals surface area contributed by atoms with E-state index in [9.17, 15) is 13.2 Å². The minimum Gasteiger partial charge on any atom is -0.365 e. The summed E-state index contributed by atoms with van der Waals surface area (Å²) in [4.78, 5) is 14.8. The Bertz CT molecular complexity index is 1450. The predicted molar refractivity (Wildman–Crippen MR) is 134 cm³/mol. The molecule has 0 bridgehead atoms. The number of sulfonamides is 1. The standard InChI is InChI=1S/C27H25N3O3S/c31-27-13-7-8-16-30(27)24-14-15-26-22(18-24)17-23(20-29(26)19-21-9-3-1-4-10-21)28-34(32,33)25-11-5-2-6-12-25/h1-16,18,23,28H,17,19-20H2. The molecule has 0 radical (unpaired) electrons. The van der Waals surface area contributed by atoms with E-state index in [1.54, 1.807) is 47.2 Å². The van der Waals surface area contributed by atoms with Crippen LogP contribution < -0.4 is 15.2 Å². The van der Waals surface area contributed by atoms with E-state index in [2.05, 4.69) is 21.8 Å². The number of rotatable bonds is 6. The molecule has 0 saturated heterocycles. The van der Waals surface area contributed by atoms with E-state index >= 15 is 0 Å². The number of hydrogen-bond acceptors (Lipinski definition) is 4. The molecule has 0 fully saturated rings. The summed E-state index contributed by atoms with van der Waals surface area (Å²) in [5.41, 5.74) is 3.84. The Balaban J connectivity index is 1.50. The Morgan fingerprint density at radius 1 is 0.853 bits per heavy atom. The second-order valence-electron chi connectivity index (χ2n) is 8.42. The lowest BCUT2D eigenvalue weighted by Gasteiger charge is -2.36. The Labute approximate surface area is 199 Å². The van der Waals surface area contributed by atoms with Gasteiger partial charge in [-0.1, -0.05) is 54.6 Å². The van der Waals surface area contributed by atoms with Crippen LogP contribution >= 0.6 is 0 Å². The number of aromatic nitrogens is 1. The number of nitrogens with one attached hydrogen (secondary N) is 1. The van der Waals surface area contributed by atoms with Crippen molar-refractivity contribution in [2.24, 2.45) is 0 Å². The molecule has 3 aromatic carbocycles. The van der Waals surface area contributed by atoms with Crippen LogP contribution in [0.3, 0.4) is 0 Å². The molecule has 1 N–H and O–H groups in total. The molecule has 7 heteroatoms. The van der Waals surface area contributed by atoms with E-state index in [1.165, 1.54) is 6.07 Å². The van der Waals surface area contributed by atoms with Gasteiger partial charge in [0.05, 0.1) is 4.90 Å². The van der Waals surface area contributed by atoms with Gasteiger partial charge in [0.2, 0.25) is 10.0 Å². The monoisotopic (exact) mass is 471 g/mol. The highest BCUT2D eigenvalue weighted by atomic mass is 32.2. The number of benzene rings is 3. The van der Waals surface area contributed by atoms with Gasteiger partial charge in [0, 0.05) is 42.8 Å². The van der Waals surface area contributed by atoms with Gasteiger partial charge in [-0.15, -0.1) is 0 Å². The minimum absolute atomic E-state index is 0.110. The van der Waals surface area contributed by atoms with Crippen molar-refractivity contribution in [1.82, 2.24) is 9.29 Å². The molecule has 172 valence electrons. The van der Waals surface area contributed by atoms with E-state index in [1.807, 2.05) is 42.5 Å². The van der Waals surface area contributed by atoms with Crippen LogP contribution in [-0.4, -0.2) is 25.6 Å². The zero-order valence-electron chi connectivity index (χ0n) is 18.5. The normalized spacial score (nSPS) is 15.6. The van der Waals surface area contributed by atoms with Crippen molar-refractivity contribution in [3.05, 3.63) is 125 Å². The SMILES string of the molecule is O=c1ccccn1-c1ccc2c(c1)CC(NS(=O)(=O)c1ccccc1)CN2Cc1ccccc1. The van der Waals surface area contributed by atoms with Crippen molar-refractivity contribution in [1.29, 1.82) is 0 Å². The van der Waals surface area contributed by atoms with Gasteiger partial charge in [-0.3, -0.25) is 9.36 Å². The molecule has 0 spiro atoms. The molecule has 1 aliphatic heterocycles. The molecular weight excluding hydrogens is 446 g/mol. The molecule has 2 heterocycles. The highest BCUT2D eigenvalue weighted by Gasteiger charge is 2.29. The fourth-order valence-corrected chi connectivity index (χ4v) is 5.70. The largest absolute Gasteiger partial charge is 0.365 e. The second-order valence-corrected chi connectivity index (χ2v) is 10.1. The topological polar surface area (TPSA) is 71.4 Å². The maximum atomic E-state index is 13.0. The van der Waals surface area contributed by atoms with Gasteiger partial charge < -0.3 is 4.90 Å². The number of nitrogens with zero attached hydrogens (tertiary/aromatic N) is 2. The molecular formula is C27H25N3O3S. The van der Waals surface area contributed by atoms with Gasteiger partial charge in [0.15, 0.2) is 0 Å². The lowest BCUT2D eigenvalue weighted by molar-refractivity contribution is 0.524. The van der Waals surface area contributed by atoms with Gasteiger partial charge in [-0.25, -0.2) is 13.1 Å². The summed E-state index contributed by atoms with van der Waals surface area (Å²) >= 11 is 0. The lowest BCUT2D eigenvalue weighted by Crippen LogP contribution is -2.48. The lowest BCUT2D eigenvalue weighted by atomic mass is 9.97. The van der Waals surface area contributed by atoms with E-state index in [0.29, 0.717) is 19.5 Å². The van der Waals surface area contributed by atoms with Crippen molar-refractivity contribution in [2.45, 2.75) is 23.9 Å². The van der Waals surface area contributed by atoms with Crippen molar-refractivity contribution in [3.8, 4) is 5.69 Å². The second kappa shape index (κ2) is 9.29. The van der Waals surface area contributed by atoms with Crippen LogP contribution in [0.2, 0.25) is 0 Å². The van der Waals surface area contributed by atoms with Crippen LogP contribution in [0.25, 0.3) is 5.69 Å². The summed E-state index contributed by atoms with van der Waals surface area (Å²) in [6.45, 7) is 1.20. The van der Waals surface area contributed by atoms with E-state index < -0.39 is 10.0 Å². The molecule has 1 atom stereocenters. The molecule has 0 aliphatic carbocycles. The molecule has 34 heavy (non-hydrogen) atoms. The fourth-order valence-electron chi connectivity index (χ4n) is 4.45. The Morgan fingerprint density at radius 3 is 2.29 bits per heavy atom. The minimum atomic E-state index is -3.66. The van der Waals surface area contributed by atoms with Crippen LogP contribution in [0.15, 0.2) is 113 Å². The smallest absolute Gasteiger partial charge is 0.255 e. The van der Waals surface area contributed by atoms with Crippen molar-refractivity contribution >= 4 is 15.7 Å². The quantitative estimate of drug-likeness (QED) is 0.465. The number of anilines is 1. The summed E-state index contributed by atoms with van der Waals surface area (Å²) in [5, 5.41) is 0. The van der Waals surface area contributed by atoms with E-state index in [-0.39, 0.29) is 16.5 Å². The highest BCUT2D eigenvalue weighted by Crippen LogP contribution is 2.31. The first-order valence-corrected chi connectivity index (χ1v) is 12.7. The molecule has 0 amide bonds. The number of fused-ring (bicyclic) bond motifs is 1. The Kier molecular flexibility index (Phi) is 6.04.